The zero-order chi connectivity index (χ0) is 18.2. The summed E-state index contributed by atoms with van der Waals surface area (Å²) in [6.07, 6.45) is 0.516. The van der Waals surface area contributed by atoms with Gasteiger partial charge in [-0.05, 0) is 43.2 Å². The Bertz CT molecular complexity index is 1090. The van der Waals surface area contributed by atoms with Gasteiger partial charge in [0.2, 0.25) is 10.9 Å². The number of carbonyl (C=O) groups excluding carboxylic acids is 1. The molecule has 0 spiro atoms. The molecule has 1 N–H and O–H groups in total. The third-order valence-electron chi connectivity index (χ3n) is 4.64. The van der Waals surface area contributed by atoms with Gasteiger partial charge in [0.05, 0.1) is 10.8 Å². The minimum absolute atomic E-state index is 0.0293. The van der Waals surface area contributed by atoms with E-state index in [1.54, 1.807) is 32.0 Å². The maximum atomic E-state index is 12.6. The van der Waals surface area contributed by atoms with Crippen molar-refractivity contribution in [3.63, 3.8) is 0 Å². The normalized spacial score (nSPS) is 11.8. The van der Waals surface area contributed by atoms with Gasteiger partial charge in [-0.1, -0.05) is 26.0 Å². The largest absolute Gasteiger partial charge is 0.456 e. The Morgan fingerprint density at radius 1 is 0.960 bits per heavy atom. The fourth-order valence-electron chi connectivity index (χ4n) is 2.88. The van der Waals surface area contributed by atoms with Gasteiger partial charge in [-0.25, -0.2) is 0 Å². The number of ketones is 1. The van der Waals surface area contributed by atoms with Gasteiger partial charge in [-0.2, -0.15) is 0 Å². The molecule has 1 heterocycles. The van der Waals surface area contributed by atoms with E-state index in [-0.39, 0.29) is 34.8 Å². The molecule has 0 unspecified atom stereocenters. The molecule has 0 aliphatic carbocycles. The Hall–Kier alpha value is -2.79. The number of hydrogen-bond donors (Lipinski definition) is 1. The summed E-state index contributed by atoms with van der Waals surface area (Å²) in [7, 11) is 0. The number of Topliss-reactive ketones (excluding diaryl/α,β-unsaturated/α-hetero) is 1. The molecule has 25 heavy (non-hydrogen) atoms. The zero-order valence-corrected chi connectivity index (χ0v) is 14.0. The van der Waals surface area contributed by atoms with Crippen molar-refractivity contribution >= 4 is 27.7 Å². The minimum Gasteiger partial charge on any atom is -0.456 e. The summed E-state index contributed by atoms with van der Waals surface area (Å²) < 4.78 is 5.70. The van der Waals surface area contributed by atoms with Crippen LogP contribution in [0.1, 0.15) is 37.0 Å². The summed E-state index contributed by atoms with van der Waals surface area (Å²) in [5.74, 6) is -0.470. The first-order chi connectivity index (χ1) is 11.9. The van der Waals surface area contributed by atoms with Crippen LogP contribution in [0.25, 0.3) is 21.9 Å². The molecule has 3 rings (SSSR count). The van der Waals surface area contributed by atoms with Crippen LogP contribution in [-0.4, -0.2) is 16.5 Å². The first-order valence-electron chi connectivity index (χ1n) is 8.18. The Labute approximate surface area is 143 Å². The Morgan fingerprint density at radius 3 is 2.24 bits per heavy atom. The molecule has 0 aliphatic rings. The van der Waals surface area contributed by atoms with Crippen LogP contribution in [-0.2, 0) is 0 Å². The quantitative estimate of drug-likeness (QED) is 0.584. The van der Waals surface area contributed by atoms with Gasteiger partial charge in [0.15, 0.2) is 5.78 Å². The van der Waals surface area contributed by atoms with Crippen molar-refractivity contribution in [2.24, 2.45) is 0 Å². The van der Waals surface area contributed by atoms with Crippen molar-refractivity contribution in [1.82, 2.24) is 0 Å². The van der Waals surface area contributed by atoms with E-state index in [1.807, 2.05) is 0 Å². The Kier molecular flexibility index (Phi) is 4.27. The molecular formula is C20H18O5. The molecule has 0 aliphatic heterocycles. The van der Waals surface area contributed by atoms with Crippen LogP contribution in [0.5, 0.6) is 0 Å². The number of para-hydroxylation sites is 1. The second-order valence-corrected chi connectivity index (χ2v) is 6.04. The molecule has 0 fully saturated rings. The van der Waals surface area contributed by atoms with Crippen molar-refractivity contribution in [1.29, 1.82) is 0 Å². The number of carbonyl (C=O) groups is 1. The molecule has 0 atom stereocenters. The van der Waals surface area contributed by atoms with Gasteiger partial charge >= 0.3 is 0 Å². The van der Waals surface area contributed by atoms with Gasteiger partial charge in [0.25, 0.3) is 0 Å². The summed E-state index contributed by atoms with van der Waals surface area (Å²) in [4.78, 5) is 37.6. The van der Waals surface area contributed by atoms with Crippen LogP contribution < -0.4 is 10.9 Å². The van der Waals surface area contributed by atoms with E-state index < -0.39 is 22.2 Å². The Balaban J connectivity index is 2.34. The topological polar surface area (TPSA) is 84.6 Å². The summed E-state index contributed by atoms with van der Waals surface area (Å²) in [6, 6.07) is 10.8. The van der Waals surface area contributed by atoms with Crippen molar-refractivity contribution in [3.8, 4) is 0 Å². The number of hydrogen-bond acceptors (Lipinski definition) is 5. The molecule has 0 radical (unpaired) electrons. The lowest BCUT2D eigenvalue weighted by molar-refractivity contribution is 0.0278. The summed E-state index contributed by atoms with van der Waals surface area (Å²) >= 11 is 0. The fraction of sp³-hybridized carbons (Fsp3) is 0.250. The molecular weight excluding hydrogens is 320 g/mol. The smallest absolute Gasteiger partial charge is 0.237 e. The third-order valence-corrected chi connectivity index (χ3v) is 4.64. The van der Waals surface area contributed by atoms with Crippen LogP contribution in [0.15, 0.2) is 56.5 Å². The molecule has 5 nitrogen and oxygen atoms in total. The number of benzene rings is 2. The highest BCUT2D eigenvalue weighted by molar-refractivity contribution is 6.04. The summed E-state index contributed by atoms with van der Waals surface area (Å²) in [6.45, 7) is 3.44. The van der Waals surface area contributed by atoms with Crippen LogP contribution in [0.2, 0.25) is 0 Å². The van der Waals surface area contributed by atoms with Crippen molar-refractivity contribution in [2.75, 3.05) is 0 Å². The molecule has 0 saturated carbocycles. The molecule has 0 saturated heterocycles. The van der Waals surface area contributed by atoms with E-state index in [4.69, 9.17) is 4.42 Å². The van der Waals surface area contributed by atoms with E-state index in [0.717, 1.165) is 0 Å². The molecule has 1 aromatic heterocycles. The molecule has 0 amide bonds. The van der Waals surface area contributed by atoms with Crippen LogP contribution >= 0.6 is 0 Å². The second kappa shape index (κ2) is 6.26. The molecule has 3 aromatic rings. The molecule has 128 valence electrons. The van der Waals surface area contributed by atoms with Crippen molar-refractivity contribution in [2.45, 2.75) is 32.3 Å². The summed E-state index contributed by atoms with van der Waals surface area (Å²) in [5, 5.41) is 10.7. The van der Waals surface area contributed by atoms with Crippen LogP contribution in [0, 0.1) is 0 Å². The lowest BCUT2D eigenvalue weighted by Crippen LogP contribution is -2.37. The monoisotopic (exact) mass is 338 g/mol. The van der Waals surface area contributed by atoms with Gasteiger partial charge in [-0.15, -0.1) is 0 Å². The number of aliphatic hydroxyl groups is 1. The van der Waals surface area contributed by atoms with E-state index >= 15 is 0 Å². The van der Waals surface area contributed by atoms with E-state index in [9.17, 15) is 19.5 Å². The fourth-order valence-corrected chi connectivity index (χ4v) is 2.88. The number of rotatable bonds is 4. The van der Waals surface area contributed by atoms with Crippen LogP contribution in [0.4, 0.5) is 0 Å². The highest BCUT2D eigenvalue weighted by Crippen LogP contribution is 2.23. The van der Waals surface area contributed by atoms with E-state index in [0.29, 0.717) is 5.58 Å². The summed E-state index contributed by atoms with van der Waals surface area (Å²) in [5.41, 5.74) is -2.20. The van der Waals surface area contributed by atoms with Crippen LogP contribution in [0.3, 0.4) is 0 Å². The standard InChI is InChI=1S/C20H18O5/c1-3-20(24,4-2)19(23)12-9-10-16-14(11-12)18(22)17(21)13-7-5-6-8-15(13)25-16/h5-11,24H,3-4H2,1-2H3. The number of fused-ring (bicyclic) bond motifs is 2. The molecule has 0 bridgehead atoms. The SMILES string of the molecule is CCC(O)(CC)C(=O)c1ccc2oc3ccccc3c(=O)c(=O)c2c1. The predicted molar refractivity (Wildman–Crippen MR) is 96.1 cm³/mol. The van der Waals surface area contributed by atoms with Crippen molar-refractivity contribution in [3.05, 3.63) is 68.5 Å². The zero-order valence-electron chi connectivity index (χ0n) is 14.0. The van der Waals surface area contributed by atoms with Gasteiger partial charge < -0.3 is 9.52 Å². The van der Waals surface area contributed by atoms with Gasteiger partial charge in [0.1, 0.15) is 16.8 Å². The maximum absolute atomic E-state index is 12.6. The first-order valence-corrected chi connectivity index (χ1v) is 8.18. The lowest BCUT2D eigenvalue weighted by Gasteiger charge is -2.23. The first kappa shape index (κ1) is 17.0. The average Bonchev–Trinajstić information content (AvgIpc) is 2.75. The van der Waals surface area contributed by atoms with E-state index in [1.165, 1.54) is 24.3 Å². The highest BCUT2D eigenvalue weighted by Gasteiger charge is 2.32. The second-order valence-electron chi connectivity index (χ2n) is 6.04. The minimum atomic E-state index is -1.49. The molecule has 2 aromatic carbocycles. The van der Waals surface area contributed by atoms with Gasteiger partial charge in [0, 0.05) is 5.56 Å². The Morgan fingerprint density at radius 2 is 1.56 bits per heavy atom. The average molecular weight is 338 g/mol. The van der Waals surface area contributed by atoms with E-state index in [2.05, 4.69) is 0 Å². The van der Waals surface area contributed by atoms with Gasteiger partial charge in [-0.3, -0.25) is 14.4 Å². The third kappa shape index (κ3) is 2.76. The molecule has 5 heteroatoms. The van der Waals surface area contributed by atoms with Crippen molar-refractivity contribution < 1.29 is 14.3 Å². The highest BCUT2D eigenvalue weighted by atomic mass is 16.3. The predicted octanol–water partition coefficient (Wildman–Crippen LogP) is 3.04. The lowest BCUT2D eigenvalue weighted by atomic mass is 9.88. The maximum Gasteiger partial charge on any atom is 0.237 e.